The molecule has 1 unspecified atom stereocenters. The monoisotopic (exact) mass is 333 g/mol. The van der Waals surface area contributed by atoms with E-state index in [1.807, 2.05) is 0 Å². The van der Waals surface area contributed by atoms with Gasteiger partial charge in [0.15, 0.2) is 6.10 Å². The number of aliphatic hydroxyl groups is 1. The standard InChI is InChI=1S/C10H5F6NO5/c11-9(12,13)3-1-4(10(14,15)16)6(7(18)8(19)20)5(2-3)17(21)22/h1-2,7,18H,(H,19,20). The number of carboxylic acids is 1. The van der Waals surface area contributed by atoms with E-state index in [2.05, 4.69) is 0 Å². The van der Waals surface area contributed by atoms with Crippen molar-refractivity contribution in [1.82, 2.24) is 0 Å². The number of carbonyl (C=O) groups is 1. The molecular formula is C10H5F6NO5. The predicted molar refractivity (Wildman–Crippen MR) is 55.7 cm³/mol. The van der Waals surface area contributed by atoms with Crippen LogP contribution in [0.15, 0.2) is 12.1 Å². The van der Waals surface area contributed by atoms with Crippen LogP contribution in [0.3, 0.4) is 0 Å². The topological polar surface area (TPSA) is 101 Å². The molecule has 0 fully saturated rings. The average Bonchev–Trinajstić information content (AvgIpc) is 2.33. The Bertz CT molecular complexity index is 623. The van der Waals surface area contributed by atoms with Gasteiger partial charge in [-0.25, -0.2) is 4.79 Å². The third-order valence-electron chi connectivity index (χ3n) is 2.49. The summed E-state index contributed by atoms with van der Waals surface area (Å²) in [5, 5.41) is 28.4. The molecule has 1 rings (SSSR count). The van der Waals surface area contributed by atoms with Crippen molar-refractivity contribution < 1.29 is 46.3 Å². The fourth-order valence-corrected chi connectivity index (χ4v) is 1.60. The number of aliphatic carboxylic acids is 1. The number of carboxylic acid groups (broad SMARTS) is 1. The second kappa shape index (κ2) is 5.44. The van der Waals surface area contributed by atoms with Crippen molar-refractivity contribution in [3.05, 3.63) is 38.9 Å². The van der Waals surface area contributed by atoms with Crippen LogP contribution in [0, 0.1) is 10.1 Å². The lowest BCUT2D eigenvalue weighted by atomic mass is 9.96. The van der Waals surface area contributed by atoms with E-state index in [1.165, 1.54) is 0 Å². The van der Waals surface area contributed by atoms with Crippen LogP contribution >= 0.6 is 0 Å². The van der Waals surface area contributed by atoms with Crippen LogP contribution in [0.4, 0.5) is 32.0 Å². The van der Waals surface area contributed by atoms with Gasteiger partial charge in [0.05, 0.1) is 21.6 Å². The third-order valence-corrected chi connectivity index (χ3v) is 2.49. The number of nitro groups is 1. The first-order valence-corrected chi connectivity index (χ1v) is 5.14. The van der Waals surface area contributed by atoms with Gasteiger partial charge in [-0.05, 0) is 6.07 Å². The predicted octanol–water partition coefficient (Wildman–Crippen LogP) is 2.75. The fourth-order valence-electron chi connectivity index (χ4n) is 1.60. The van der Waals surface area contributed by atoms with Gasteiger partial charge in [0.1, 0.15) is 0 Å². The minimum atomic E-state index is -5.54. The fraction of sp³-hybridized carbons (Fsp3) is 0.300. The Morgan fingerprint density at radius 2 is 1.64 bits per heavy atom. The Kier molecular flexibility index (Phi) is 4.37. The number of nitro benzene ring substituents is 1. The number of rotatable bonds is 3. The maximum absolute atomic E-state index is 12.8. The number of alkyl halides is 6. The van der Waals surface area contributed by atoms with Crippen molar-refractivity contribution >= 4 is 11.7 Å². The molecule has 6 nitrogen and oxygen atoms in total. The van der Waals surface area contributed by atoms with Crippen LogP contribution in [0.5, 0.6) is 0 Å². The quantitative estimate of drug-likeness (QED) is 0.503. The minimum Gasteiger partial charge on any atom is -0.479 e. The highest BCUT2D eigenvalue weighted by molar-refractivity contribution is 5.77. The molecule has 0 aliphatic heterocycles. The second-order valence-corrected chi connectivity index (χ2v) is 3.95. The highest BCUT2D eigenvalue weighted by Gasteiger charge is 2.44. The zero-order valence-corrected chi connectivity index (χ0v) is 10.1. The van der Waals surface area contributed by atoms with Crippen molar-refractivity contribution in [3.8, 4) is 0 Å². The molecule has 0 bridgehead atoms. The average molecular weight is 333 g/mol. The summed E-state index contributed by atoms with van der Waals surface area (Å²) in [5.74, 6) is -2.28. The molecule has 0 amide bonds. The van der Waals surface area contributed by atoms with Crippen LogP contribution in [-0.4, -0.2) is 21.1 Å². The highest BCUT2D eigenvalue weighted by Crippen LogP contribution is 2.43. The molecule has 0 radical (unpaired) electrons. The van der Waals surface area contributed by atoms with E-state index in [4.69, 9.17) is 5.11 Å². The van der Waals surface area contributed by atoms with Crippen LogP contribution in [0.25, 0.3) is 0 Å². The van der Waals surface area contributed by atoms with E-state index in [0.717, 1.165) is 0 Å². The summed E-state index contributed by atoms with van der Waals surface area (Å²) in [6.07, 6.45) is -13.9. The van der Waals surface area contributed by atoms with Gasteiger partial charge in [0.25, 0.3) is 5.69 Å². The van der Waals surface area contributed by atoms with E-state index in [9.17, 15) is 46.4 Å². The van der Waals surface area contributed by atoms with Crippen molar-refractivity contribution in [1.29, 1.82) is 0 Å². The second-order valence-electron chi connectivity index (χ2n) is 3.95. The third kappa shape index (κ3) is 3.44. The van der Waals surface area contributed by atoms with Crippen molar-refractivity contribution in [2.24, 2.45) is 0 Å². The summed E-state index contributed by atoms with van der Waals surface area (Å²) in [6, 6.07) is -0.759. The van der Waals surface area contributed by atoms with Crippen molar-refractivity contribution in [2.45, 2.75) is 18.5 Å². The molecule has 1 aromatic carbocycles. The largest absolute Gasteiger partial charge is 0.479 e. The maximum Gasteiger partial charge on any atom is 0.417 e. The zero-order chi connectivity index (χ0) is 17.5. The number of hydrogen-bond acceptors (Lipinski definition) is 4. The van der Waals surface area contributed by atoms with E-state index < -0.39 is 57.8 Å². The van der Waals surface area contributed by atoms with Gasteiger partial charge in [-0.3, -0.25) is 10.1 Å². The molecule has 0 saturated heterocycles. The number of halogens is 6. The summed E-state index contributed by atoms with van der Waals surface area (Å²) < 4.78 is 75.9. The number of aliphatic hydroxyl groups excluding tert-OH is 1. The van der Waals surface area contributed by atoms with Gasteiger partial charge in [-0.15, -0.1) is 0 Å². The molecule has 0 spiro atoms. The number of hydrogen-bond donors (Lipinski definition) is 2. The molecule has 22 heavy (non-hydrogen) atoms. The molecule has 1 atom stereocenters. The van der Waals surface area contributed by atoms with Gasteiger partial charge in [-0.1, -0.05) is 0 Å². The molecule has 0 heterocycles. The van der Waals surface area contributed by atoms with Gasteiger partial charge >= 0.3 is 18.3 Å². The first-order chi connectivity index (χ1) is 9.76. The maximum atomic E-state index is 12.8. The summed E-state index contributed by atoms with van der Waals surface area (Å²) in [4.78, 5) is 19.6. The molecule has 0 aromatic heterocycles. The smallest absolute Gasteiger partial charge is 0.417 e. The summed E-state index contributed by atoms with van der Waals surface area (Å²) in [5.41, 5.74) is -7.80. The minimum absolute atomic E-state index is 0.267. The van der Waals surface area contributed by atoms with E-state index >= 15 is 0 Å². The van der Waals surface area contributed by atoms with E-state index in [1.54, 1.807) is 0 Å². The molecule has 0 aliphatic carbocycles. The van der Waals surface area contributed by atoms with Crippen molar-refractivity contribution in [2.75, 3.05) is 0 Å². The SMILES string of the molecule is O=C(O)C(O)c1c([N+](=O)[O-])cc(C(F)(F)F)cc1C(F)(F)F. The summed E-state index contributed by atoms with van der Waals surface area (Å²) in [6.45, 7) is 0. The Balaban J connectivity index is 3.87. The van der Waals surface area contributed by atoms with E-state index in [0.29, 0.717) is 0 Å². The van der Waals surface area contributed by atoms with Crippen LogP contribution in [0.1, 0.15) is 22.8 Å². The van der Waals surface area contributed by atoms with E-state index in [-0.39, 0.29) is 6.07 Å². The molecule has 0 aliphatic rings. The summed E-state index contributed by atoms with van der Waals surface area (Å²) in [7, 11) is 0. The normalized spacial score (nSPS) is 13.8. The van der Waals surface area contributed by atoms with Gasteiger partial charge in [0, 0.05) is 6.07 Å². The van der Waals surface area contributed by atoms with Crippen LogP contribution in [0.2, 0.25) is 0 Å². The molecule has 122 valence electrons. The zero-order valence-electron chi connectivity index (χ0n) is 10.1. The lowest BCUT2D eigenvalue weighted by Crippen LogP contribution is -2.21. The summed E-state index contributed by atoms with van der Waals surface area (Å²) >= 11 is 0. The molecule has 12 heteroatoms. The highest BCUT2D eigenvalue weighted by atomic mass is 19.4. The Labute approximate surface area is 116 Å². The lowest BCUT2D eigenvalue weighted by molar-refractivity contribution is -0.386. The molecular weight excluding hydrogens is 328 g/mol. The van der Waals surface area contributed by atoms with Crippen molar-refractivity contribution in [3.63, 3.8) is 0 Å². The number of nitrogens with zero attached hydrogens (tertiary/aromatic N) is 1. The van der Waals surface area contributed by atoms with Gasteiger partial charge < -0.3 is 10.2 Å². The molecule has 2 N–H and O–H groups in total. The first kappa shape index (κ1) is 17.7. The Hall–Kier alpha value is -2.37. The van der Waals surface area contributed by atoms with Gasteiger partial charge in [0.2, 0.25) is 0 Å². The first-order valence-electron chi connectivity index (χ1n) is 5.14. The Morgan fingerprint density at radius 3 is 1.95 bits per heavy atom. The lowest BCUT2D eigenvalue weighted by Gasteiger charge is -2.17. The number of benzene rings is 1. The van der Waals surface area contributed by atoms with Crippen LogP contribution in [-0.2, 0) is 17.1 Å². The van der Waals surface area contributed by atoms with Crippen LogP contribution < -0.4 is 0 Å². The molecule has 1 aromatic rings. The molecule has 0 saturated carbocycles. The van der Waals surface area contributed by atoms with Gasteiger partial charge in [-0.2, -0.15) is 26.3 Å². The Morgan fingerprint density at radius 1 is 1.14 bits per heavy atom.